The topological polar surface area (TPSA) is 118 Å². The first kappa shape index (κ1) is 21.1. The Bertz CT molecular complexity index is 1190. The van der Waals surface area contributed by atoms with Crippen molar-refractivity contribution < 1.29 is 17.7 Å². The van der Waals surface area contributed by atoms with Crippen molar-refractivity contribution in [3.8, 4) is 11.3 Å². The number of hydrogen-bond acceptors (Lipinski definition) is 7. The molecule has 1 saturated heterocycles. The minimum atomic E-state index is -3.68. The largest absolute Gasteiger partial charge is 0.356 e. The first-order valence-corrected chi connectivity index (χ1v) is 11.4. The number of carbonyl (C=O) groups is 1. The zero-order valence-corrected chi connectivity index (χ0v) is 18.1. The van der Waals surface area contributed by atoms with Crippen LogP contribution < -0.4 is 5.32 Å². The number of benzene rings is 1. The number of anilines is 1. The van der Waals surface area contributed by atoms with E-state index in [1.54, 1.807) is 18.3 Å². The van der Waals surface area contributed by atoms with E-state index in [1.165, 1.54) is 29.7 Å². The van der Waals surface area contributed by atoms with Gasteiger partial charge in [-0.25, -0.2) is 18.4 Å². The molecular weight excluding hydrogens is 418 g/mol. The van der Waals surface area contributed by atoms with E-state index < -0.39 is 10.0 Å². The number of hydrogen-bond donors (Lipinski definition) is 1. The molecular formula is C21H23N5O4S. The van der Waals surface area contributed by atoms with E-state index in [-0.39, 0.29) is 16.7 Å². The molecule has 1 aliphatic heterocycles. The van der Waals surface area contributed by atoms with Crippen LogP contribution in [0, 0.1) is 6.92 Å². The quantitative estimate of drug-likeness (QED) is 0.646. The summed E-state index contributed by atoms with van der Waals surface area (Å²) in [7, 11) is -3.68. The number of nitrogens with zero attached hydrogens (tertiary/aromatic N) is 4. The summed E-state index contributed by atoms with van der Waals surface area (Å²) in [6.07, 6.45) is 4.67. The molecule has 3 aromatic rings. The van der Waals surface area contributed by atoms with Crippen LogP contribution in [0.3, 0.4) is 0 Å². The first-order valence-electron chi connectivity index (χ1n) is 9.96. The Morgan fingerprint density at radius 3 is 2.71 bits per heavy atom. The van der Waals surface area contributed by atoms with Crippen molar-refractivity contribution in [3.05, 3.63) is 54.2 Å². The number of piperidine rings is 1. The van der Waals surface area contributed by atoms with Crippen LogP contribution in [-0.4, -0.2) is 46.8 Å². The minimum absolute atomic E-state index is 0.0921. The number of aromatic nitrogens is 3. The van der Waals surface area contributed by atoms with Gasteiger partial charge in [0.15, 0.2) is 5.76 Å². The highest BCUT2D eigenvalue weighted by molar-refractivity contribution is 7.89. The lowest BCUT2D eigenvalue weighted by Crippen LogP contribution is -2.39. The van der Waals surface area contributed by atoms with Gasteiger partial charge in [0.05, 0.1) is 21.8 Å². The fraction of sp³-hybridized carbons (Fsp3) is 0.333. The molecule has 162 valence electrons. The van der Waals surface area contributed by atoms with Crippen molar-refractivity contribution >= 4 is 21.6 Å². The molecule has 0 bridgehead atoms. The number of carbonyl (C=O) groups excluding carboxylic acids is 1. The molecule has 1 amide bonds. The van der Waals surface area contributed by atoms with E-state index in [4.69, 9.17) is 4.52 Å². The van der Waals surface area contributed by atoms with Crippen LogP contribution in [-0.2, 0) is 14.8 Å². The highest BCUT2D eigenvalue weighted by atomic mass is 32.2. The van der Waals surface area contributed by atoms with E-state index in [1.807, 2.05) is 13.0 Å². The van der Waals surface area contributed by atoms with Crippen LogP contribution >= 0.6 is 0 Å². The van der Waals surface area contributed by atoms with Gasteiger partial charge >= 0.3 is 0 Å². The molecule has 1 atom stereocenters. The Balaban J connectivity index is 1.58. The fourth-order valence-electron chi connectivity index (χ4n) is 3.79. The van der Waals surface area contributed by atoms with E-state index in [2.05, 4.69) is 20.4 Å². The smallest absolute Gasteiger partial charge is 0.243 e. The molecule has 4 rings (SSSR count). The molecule has 0 spiro atoms. The van der Waals surface area contributed by atoms with Gasteiger partial charge in [-0.05, 0) is 44.0 Å². The highest BCUT2D eigenvalue weighted by Crippen LogP contribution is 2.34. The Morgan fingerprint density at radius 1 is 1.26 bits per heavy atom. The Morgan fingerprint density at radius 2 is 2.03 bits per heavy atom. The second-order valence-electron chi connectivity index (χ2n) is 7.56. The predicted molar refractivity (Wildman–Crippen MR) is 114 cm³/mol. The molecule has 1 N–H and O–H groups in total. The van der Waals surface area contributed by atoms with Gasteiger partial charge in [-0.2, -0.15) is 4.31 Å². The highest BCUT2D eigenvalue weighted by Gasteiger charge is 2.33. The molecule has 2 aromatic heterocycles. The zero-order chi connectivity index (χ0) is 22.0. The molecule has 31 heavy (non-hydrogen) atoms. The summed E-state index contributed by atoms with van der Waals surface area (Å²) in [5.74, 6) is 0.268. The van der Waals surface area contributed by atoms with Gasteiger partial charge in [0, 0.05) is 43.9 Å². The van der Waals surface area contributed by atoms with Gasteiger partial charge in [-0.3, -0.25) is 4.79 Å². The van der Waals surface area contributed by atoms with Crippen LogP contribution in [0.1, 0.15) is 37.1 Å². The van der Waals surface area contributed by atoms with Crippen LogP contribution in [0.25, 0.3) is 11.3 Å². The number of sulfonamides is 1. The van der Waals surface area contributed by atoms with Gasteiger partial charge in [-0.15, -0.1) is 0 Å². The number of nitrogens with one attached hydrogen (secondary N) is 1. The van der Waals surface area contributed by atoms with Gasteiger partial charge in [0.25, 0.3) is 0 Å². The Hall–Kier alpha value is -3.11. The molecule has 3 heterocycles. The van der Waals surface area contributed by atoms with Crippen molar-refractivity contribution in [2.45, 2.75) is 37.5 Å². The normalized spacial score (nSPS) is 17.4. The van der Waals surface area contributed by atoms with E-state index in [9.17, 15) is 13.2 Å². The minimum Gasteiger partial charge on any atom is -0.356 e. The molecule has 0 radical (unpaired) electrons. The third-order valence-electron chi connectivity index (χ3n) is 5.22. The van der Waals surface area contributed by atoms with Crippen molar-refractivity contribution in [3.63, 3.8) is 0 Å². The SMILES string of the molecule is CC(=O)Nc1ccc(S(=O)(=O)N2CCC[C@H](c3ncncc3-c3cc(C)no3)C2)cc1. The summed E-state index contributed by atoms with van der Waals surface area (Å²) in [5.41, 5.74) is 2.79. The summed E-state index contributed by atoms with van der Waals surface area (Å²) in [6, 6.07) is 8.01. The van der Waals surface area contributed by atoms with Crippen molar-refractivity contribution in [1.29, 1.82) is 0 Å². The van der Waals surface area contributed by atoms with Crippen molar-refractivity contribution in [2.75, 3.05) is 18.4 Å². The number of amides is 1. The third kappa shape index (κ3) is 4.49. The number of rotatable bonds is 5. The summed E-state index contributed by atoms with van der Waals surface area (Å²) >= 11 is 0. The molecule has 10 heteroatoms. The molecule has 0 unspecified atom stereocenters. The van der Waals surface area contributed by atoms with E-state index in [0.717, 1.165) is 23.4 Å². The van der Waals surface area contributed by atoms with Gasteiger partial charge in [-0.1, -0.05) is 5.16 Å². The van der Waals surface area contributed by atoms with Gasteiger partial charge < -0.3 is 9.84 Å². The van der Waals surface area contributed by atoms with Crippen LogP contribution in [0.2, 0.25) is 0 Å². The summed E-state index contributed by atoms with van der Waals surface area (Å²) in [5, 5.41) is 6.57. The maximum atomic E-state index is 13.2. The summed E-state index contributed by atoms with van der Waals surface area (Å²) in [6.45, 7) is 3.99. The maximum absolute atomic E-state index is 13.2. The van der Waals surface area contributed by atoms with Crippen LogP contribution in [0.15, 0.2) is 52.3 Å². The zero-order valence-electron chi connectivity index (χ0n) is 17.3. The average molecular weight is 442 g/mol. The Labute approximate surface area is 180 Å². The van der Waals surface area contributed by atoms with Crippen molar-refractivity contribution in [2.24, 2.45) is 0 Å². The van der Waals surface area contributed by atoms with E-state index in [0.29, 0.717) is 31.0 Å². The van der Waals surface area contributed by atoms with E-state index >= 15 is 0 Å². The maximum Gasteiger partial charge on any atom is 0.243 e. The average Bonchev–Trinajstić information content (AvgIpc) is 3.20. The predicted octanol–water partition coefficient (Wildman–Crippen LogP) is 2.97. The monoisotopic (exact) mass is 441 g/mol. The number of aryl methyl sites for hydroxylation is 1. The standard InChI is InChI=1S/C21H23N5O4S/c1-14-10-20(30-25-14)19-11-22-13-23-21(19)16-4-3-9-26(12-16)31(28,29)18-7-5-17(6-8-18)24-15(2)27/h5-8,10-11,13,16H,3-4,9,12H2,1-2H3,(H,24,27)/t16-/m0/s1. The molecule has 1 fully saturated rings. The fourth-order valence-corrected chi connectivity index (χ4v) is 5.32. The lowest BCUT2D eigenvalue weighted by Gasteiger charge is -2.32. The second kappa shape index (κ2) is 8.56. The van der Waals surface area contributed by atoms with Gasteiger partial charge in [0.1, 0.15) is 6.33 Å². The summed E-state index contributed by atoms with van der Waals surface area (Å²) < 4.78 is 33.4. The molecule has 0 aliphatic carbocycles. The second-order valence-corrected chi connectivity index (χ2v) is 9.50. The molecule has 1 aromatic carbocycles. The molecule has 1 aliphatic rings. The molecule has 9 nitrogen and oxygen atoms in total. The lowest BCUT2D eigenvalue weighted by molar-refractivity contribution is -0.114. The Kier molecular flexibility index (Phi) is 5.84. The molecule has 0 saturated carbocycles. The lowest BCUT2D eigenvalue weighted by atomic mass is 9.92. The summed E-state index contributed by atoms with van der Waals surface area (Å²) in [4.78, 5) is 19.9. The first-order chi connectivity index (χ1) is 14.8. The van der Waals surface area contributed by atoms with Crippen LogP contribution in [0.4, 0.5) is 5.69 Å². The van der Waals surface area contributed by atoms with Crippen LogP contribution in [0.5, 0.6) is 0 Å². The van der Waals surface area contributed by atoms with Crippen molar-refractivity contribution in [1.82, 2.24) is 19.4 Å². The third-order valence-corrected chi connectivity index (χ3v) is 7.10. The van der Waals surface area contributed by atoms with Gasteiger partial charge in [0.2, 0.25) is 15.9 Å².